The molecule has 1 nitrogen and oxygen atoms in total. The van der Waals surface area contributed by atoms with Crippen LogP contribution in [-0.2, 0) is 6.42 Å². The molecule has 94 valence electrons. The molecular weight excluding hydrogens is 308 g/mol. The van der Waals surface area contributed by atoms with Crippen LogP contribution in [0.15, 0.2) is 56.7 Å². The fourth-order valence-corrected chi connectivity index (χ4v) is 2.89. The van der Waals surface area contributed by atoms with E-state index in [1.807, 2.05) is 12.1 Å². The molecule has 2 aromatic carbocycles. The zero-order valence-corrected chi connectivity index (χ0v) is 12.8. The monoisotopic (exact) mass is 322 g/mol. The van der Waals surface area contributed by atoms with Crippen molar-refractivity contribution in [3.05, 3.63) is 52.5 Å². The van der Waals surface area contributed by atoms with Gasteiger partial charge in [0.15, 0.2) is 0 Å². The third-order valence-corrected chi connectivity index (χ3v) is 4.34. The molecule has 2 rings (SSSR count). The SMILES string of the molecule is CCc1ccc(Sc2ccc(Br)c(OC)c2)cc1. The van der Waals surface area contributed by atoms with Crippen LogP contribution < -0.4 is 4.74 Å². The third-order valence-electron chi connectivity index (χ3n) is 2.69. The second-order valence-corrected chi connectivity index (χ2v) is 5.90. The summed E-state index contributed by atoms with van der Waals surface area (Å²) in [5.41, 5.74) is 1.37. The van der Waals surface area contributed by atoms with Crippen LogP contribution in [0.2, 0.25) is 0 Å². The summed E-state index contributed by atoms with van der Waals surface area (Å²) in [6.07, 6.45) is 1.08. The van der Waals surface area contributed by atoms with Gasteiger partial charge in [-0.1, -0.05) is 30.8 Å². The van der Waals surface area contributed by atoms with Crippen LogP contribution in [0.4, 0.5) is 0 Å². The molecule has 0 bridgehead atoms. The molecule has 3 heteroatoms. The van der Waals surface area contributed by atoms with Crippen LogP contribution in [0.25, 0.3) is 0 Å². The lowest BCUT2D eigenvalue weighted by atomic mass is 10.2. The van der Waals surface area contributed by atoms with Gasteiger partial charge in [-0.25, -0.2) is 0 Å². The van der Waals surface area contributed by atoms with Crippen molar-refractivity contribution in [1.29, 1.82) is 0 Å². The van der Waals surface area contributed by atoms with E-state index in [1.54, 1.807) is 18.9 Å². The highest BCUT2D eigenvalue weighted by atomic mass is 79.9. The van der Waals surface area contributed by atoms with E-state index in [1.165, 1.54) is 15.4 Å². The molecule has 0 atom stereocenters. The van der Waals surface area contributed by atoms with E-state index in [9.17, 15) is 0 Å². The lowest BCUT2D eigenvalue weighted by Crippen LogP contribution is -1.85. The summed E-state index contributed by atoms with van der Waals surface area (Å²) in [6, 6.07) is 14.8. The van der Waals surface area contributed by atoms with Gasteiger partial charge in [0.05, 0.1) is 11.6 Å². The zero-order chi connectivity index (χ0) is 13.0. The molecule has 0 fully saturated rings. The van der Waals surface area contributed by atoms with Crippen molar-refractivity contribution in [1.82, 2.24) is 0 Å². The molecule has 0 aliphatic carbocycles. The highest BCUT2D eigenvalue weighted by Gasteiger charge is 2.03. The van der Waals surface area contributed by atoms with E-state index in [-0.39, 0.29) is 0 Å². The predicted molar refractivity (Wildman–Crippen MR) is 80.6 cm³/mol. The Morgan fingerprint density at radius 1 is 1.06 bits per heavy atom. The number of rotatable bonds is 4. The smallest absolute Gasteiger partial charge is 0.134 e. The molecule has 0 unspecified atom stereocenters. The van der Waals surface area contributed by atoms with Gasteiger partial charge in [0.2, 0.25) is 0 Å². The number of ether oxygens (including phenoxy) is 1. The lowest BCUT2D eigenvalue weighted by molar-refractivity contribution is 0.411. The molecule has 0 N–H and O–H groups in total. The van der Waals surface area contributed by atoms with E-state index in [0.717, 1.165) is 16.6 Å². The average molecular weight is 323 g/mol. The number of aryl methyl sites for hydroxylation is 1. The Balaban J connectivity index is 2.17. The van der Waals surface area contributed by atoms with Crippen molar-refractivity contribution >= 4 is 27.7 Å². The van der Waals surface area contributed by atoms with E-state index < -0.39 is 0 Å². The minimum absolute atomic E-state index is 0.866. The molecule has 0 heterocycles. The van der Waals surface area contributed by atoms with Crippen LogP contribution in [0.1, 0.15) is 12.5 Å². The summed E-state index contributed by atoms with van der Waals surface area (Å²) >= 11 is 5.20. The van der Waals surface area contributed by atoms with Crippen molar-refractivity contribution in [3.63, 3.8) is 0 Å². The molecule has 0 saturated carbocycles. The molecule has 0 spiro atoms. The highest BCUT2D eigenvalue weighted by Crippen LogP contribution is 2.34. The fourth-order valence-electron chi connectivity index (χ4n) is 1.63. The topological polar surface area (TPSA) is 9.23 Å². The van der Waals surface area contributed by atoms with E-state index in [2.05, 4.69) is 53.2 Å². The highest BCUT2D eigenvalue weighted by molar-refractivity contribution is 9.10. The quantitative estimate of drug-likeness (QED) is 0.767. The number of hydrogen-bond acceptors (Lipinski definition) is 2. The summed E-state index contributed by atoms with van der Waals surface area (Å²) in [6.45, 7) is 2.17. The van der Waals surface area contributed by atoms with Gasteiger partial charge in [-0.15, -0.1) is 0 Å². The number of benzene rings is 2. The Bertz CT molecular complexity index is 523. The summed E-state index contributed by atoms with van der Waals surface area (Å²) < 4.78 is 6.28. The second-order valence-electron chi connectivity index (χ2n) is 3.90. The minimum atomic E-state index is 0.866. The second kappa shape index (κ2) is 6.30. The van der Waals surface area contributed by atoms with Crippen LogP contribution in [0, 0.1) is 0 Å². The van der Waals surface area contributed by atoms with Crippen molar-refractivity contribution in [2.24, 2.45) is 0 Å². The van der Waals surface area contributed by atoms with Crippen LogP contribution in [0.5, 0.6) is 5.75 Å². The molecule has 0 aliphatic rings. The Morgan fingerprint density at radius 2 is 1.72 bits per heavy atom. The van der Waals surface area contributed by atoms with Crippen LogP contribution in [0.3, 0.4) is 0 Å². The average Bonchev–Trinajstić information content (AvgIpc) is 2.42. The summed E-state index contributed by atoms with van der Waals surface area (Å²) in [4.78, 5) is 2.43. The molecule has 0 aromatic heterocycles. The first-order chi connectivity index (χ1) is 8.72. The van der Waals surface area contributed by atoms with Gasteiger partial charge in [0.1, 0.15) is 5.75 Å². The first kappa shape index (κ1) is 13.5. The molecule has 18 heavy (non-hydrogen) atoms. The molecule has 0 radical (unpaired) electrons. The maximum absolute atomic E-state index is 5.30. The van der Waals surface area contributed by atoms with Crippen LogP contribution in [-0.4, -0.2) is 7.11 Å². The maximum Gasteiger partial charge on any atom is 0.134 e. The van der Waals surface area contributed by atoms with Gasteiger partial charge in [-0.2, -0.15) is 0 Å². The standard InChI is InChI=1S/C15H15BrOS/c1-3-11-4-6-12(7-5-11)18-13-8-9-14(16)15(10-13)17-2/h4-10H,3H2,1-2H3. The van der Waals surface area contributed by atoms with Crippen molar-refractivity contribution < 1.29 is 4.74 Å². The Morgan fingerprint density at radius 3 is 2.33 bits per heavy atom. The van der Waals surface area contributed by atoms with Crippen molar-refractivity contribution in [2.45, 2.75) is 23.1 Å². The van der Waals surface area contributed by atoms with Crippen LogP contribution >= 0.6 is 27.7 Å². The number of methoxy groups -OCH3 is 1. The first-order valence-electron chi connectivity index (χ1n) is 5.83. The first-order valence-corrected chi connectivity index (χ1v) is 7.44. The van der Waals surface area contributed by atoms with Gasteiger partial charge in [-0.3, -0.25) is 0 Å². The normalized spacial score (nSPS) is 10.4. The van der Waals surface area contributed by atoms with Gasteiger partial charge in [0.25, 0.3) is 0 Å². The molecular formula is C15H15BrOS. The zero-order valence-electron chi connectivity index (χ0n) is 10.4. The van der Waals surface area contributed by atoms with Crippen molar-refractivity contribution in [3.8, 4) is 5.75 Å². The number of hydrogen-bond donors (Lipinski definition) is 0. The lowest BCUT2D eigenvalue weighted by Gasteiger charge is -2.07. The number of halogens is 1. The molecule has 2 aromatic rings. The van der Waals surface area contributed by atoms with Gasteiger partial charge >= 0.3 is 0 Å². The van der Waals surface area contributed by atoms with Gasteiger partial charge < -0.3 is 4.74 Å². The summed E-state index contributed by atoms with van der Waals surface area (Å²) in [7, 11) is 1.69. The molecule has 0 saturated heterocycles. The Hall–Kier alpha value is -0.930. The largest absolute Gasteiger partial charge is 0.496 e. The Kier molecular flexibility index (Phi) is 4.72. The van der Waals surface area contributed by atoms with Crippen molar-refractivity contribution in [2.75, 3.05) is 7.11 Å². The minimum Gasteiger partial charge on any atom is -0.496 e. The van der Waals surface area contributed by atoms with E-state index >= 15 is 0 Å². The van der Waals surface area contributed by atoms with E-state index in [4.69, 9.17) is 4.74 Å². The maximum atomic E-state index is 5.30. The molecule has 0 amide bonds. The summed E-state index contributed by atoms with van der Waals surface area (Å²) in [5, 5.41) is 0. The Labute approximate surface area is 121 Å². The summed E-state index contributed by atoms with van der Waals surface area (Å²) in [5.74, 6) is 0.866. The van der Waals surface area contributed by atoms with Gasteiger partial charge in [-0.05, 0) is 58.2 Å². The molecule has 0 aliphatic heterocycles. The third kappa shape index (κ3) is 3.30. The fraction of sp³-hybridized carbons (Fsp3) is 0.200. The van der Waals surface area contributed by atoms with E-state index in [0.29, 0.717) is 0 Å². The predicted octanol–water partition coefficient (Wildman–Crippen LogP) is 5.17. The van der Waals surface area contributed by atoms with Gasteiger partial charge in [0, 0.05) is 9.79 Å².